The van der Waals surface area contributed by atoms with Gasteiger partial charge in [-0.15, -0.1) is 12.4 Å². The van der Waals surface area contributed by atoms with Crippen LogP contribution in [0.3, 0.4) is 0 Å². The maximum Gasteiger partial charge on any atom is 0.242 e. The van der Waals surface area contributed by atoms with Crippen molar-refractivity contribution in [2.45, 2.75) is 11.3 Å². The molecule has 130 valence electrons. The Kier molecular flexibility index (Phi) is 7.63. The molecule has 0 atom stereocenters. The smallest absolute Gasteiger partial charge is 0.242 e. The lowest BCUT2D eigenvalue weighted by molar-refractivity contribution is 0.354. The number of hydrogen-bond acceptors (Lipinski definition) is 5. The van der Waals surface area contributed by atoms with E-state index in [1.54, 1.807) is 0 Å². The molecule has 1 aliphatic heterocycles. The fourth-order valence-corrected chi connectivity index (χ4v) is 3.70. The van der Waals surface area contributed by atoms with E-state index in [-0.39, 0.29) is 28.9 Å². The molecular weight excluding hydrogens is 363 g/mol. The Bertz CT molecular complexity index is 678. The molecule has 0 aromatic heterocycles. The van der Waals surface area contributed by atoms with Crippen LogP contribution in [-0.4, -0.2) is 42.3 Å². The van der Waals surface area contributed by atoms with Gasteiger partial charge in [0.05, 0.1) is 19.2 Å². The van der Waals surface area contributed by atoms with Crippen LogP contribution in [-0.2, 0) is 10.0 Å². The minimum atomic E-state index is -3.73. The monoisotopic (exact) mass is 382 g/mol. The summed E-state index contributed by atoms with van der Waals surface area (Å²) in [5, 5.41) is 3.26. The summed E-state index contributed by atoms with van der Waals surface area (Å²) in [6, 6.07) is 2.79. The summed E-state index contributed by atoms with van der Waals surface area (Å²) in [7, 11) is -0.824. The average Bonchev–Trinajstić information content (AvgIpc) is 2.53. The second-order valence-corrected chi connectivity index (χ2v) is 6.92. The van der Waals surface area contributed by atoms with Crippen molar-refractivity contribution in [1.82, 2.24) is 10.0 Å². The van der Waals surface area contributed by atoms with E-state index in [1.165, 1.54) is 26.4 Å². The highest BCUT2D eigenvalue weighted by Crippen LogP contribution is 2.35. The molecule has 2 rings (SSSR count). The first-order valence-electron chi connectivity index (χ1n) is 6.77. The zero-order valence-corrected chi connectivity index (χ0v) is 15.3. The van der Waals surface area contributed by atoms with Crippen LogP contribution in [0.1, 0.15) is 6.42 Å². The third-order valence-corrected chi connectivity index (χ3v) is 5.24. The molecule has 1 aromatic carbocycles. The van der Waals surface area contributed by atoms with Crippen molar-refractivity contribution in [2.24, 2.45) is 0 Å². The van der Waals surface area contributed by atoms with Crippen molar-refractivity contribution in [1.29, 1.82) is 0 Å². The molecule has 1 aromatic rings. The molecule has 6 nitrogen and oxygen atoms in total. The van der Waals surface area contributed by atoms with Crippen LogP contribution in [0.4, 0.5) is 0 Å². The molecule has 9 heteroatoms. The van der Waals surface area contributed by atoms with Crippen LogP contribution in [0, 0.1) is 0 Å². The van der Waals surface area contributed by atoms with Crippen LogP contribution in [0.2, 0.25) is 5.02 Å². The standard InChI is InChI=1S/C14H19ClN2O4S.ClH/c1-20-12-7-11(15)14(8-13(12)21-2)22(18,19)17-9-10-3-5-16-6-4-10;/h3,7-8,16-17H,4-6,9H2,1-2H3;1H. The van der Waals surface area contributed by atoms with E-state index in [1.807, 2.05) is 6.08 Å². The largest absolute Gasteiger partial charge is 0.493 e. The lowest BCUT2D eigenvalue weighted by atomic mass is 10.1. The van der Waals surface area contributed by atoms with Gasteiger partial charge in [-0.2, -0.15) is 0 Å². The Hall–Kier alpha value is -0.990. The molecule has 2 N–H and O–H groups in total. The van der Waals surface area contributed by atoms with Crippen LogP contribution >= 0.6 is 24.0 Å². The number of hydrogen-bond donors (Lipinski definition) is 2. The maximum absolute atomic E-state index is 12.4. The number of benzene rings is 1. The second kappa shape index (κ2) is 8.75. The van der Waals surface area contributed by atoms with Gasteiger partial charge < -0.3 is 14.8 Å². The molecule has 0 saturated carbocycles. The van der Waals surface area contributed by atoms with E-state index in [9.17, 15) is 8.42 Å². The minimum absolute atomic E-state index is 0. The van der Waals surface area contributed by atoms with Gasteiger partial charge in [0.25, 0.3) is 0 Å². The van der Waals surface area contributed by atoms with Gasteiger partial charge >= 0.3 is 0 Å². The molecule has 0 amide bonds. The van der Waals surface area contributed by atoms with E-state index in [2.05, 4.69) is 10.0 Å². The van der Waals surface area contributed by atoms with Crippen molar-refractivity contribution >= 4 is 34.0 Å². The molecule has 0 bridgehead atoms. The summed E-state index contributed by atoms with van der Waals surface area (Å²) in [6.45, 7) is 1.88. The Labute approximate surface area is 147 Å². The summed E-state index contributed by atoms with van der Waals surface area (Å²) in [5.41, 5.74) is 1.05. The van der Waals surface area contributed by atoms with Gasteiger partial charge in [-0.25, -0.2) is 13.1 Å². The fourth-order valence-electron chi connectivity index (χ4n) is 2.14. The minimum Gasteiger partial charge on any atom is -0.493 e. The van der Waals surface area contributed by atoms with Crippen molar-refractivity contribution in [3.8, 4) is 11.5 Å². The molecule has 0 radical (unpaired) electrons. The summed E-state index contributed by atoms with van der Waals surface area (Å²) in [6.07, 6.45) is 2.81. The number of methoxy groups -OCH3 is 2. The summed E-state index contributed by atoms with van der Waals surface area (Å²) < 4.78 is 37.7. The fraction of sp³-hybridized carbons (Fsp3) is 0.429. The molecule has 0 spiro atoms. The van der Waals surface area contributed by atoms with Crippen LogP contribution in [0.25, 0.3) is 0 Å². The van der Waals surface area contributed by atoms with Gasteiger partial charge in [-0.05, 0) is 13.0 Å². The van der Waals surface area contributed by atoms with Gasteiger partial charge in [0.1, 0.15) is 4.90 Å². The lowest BCUT2D eigenvalue weighted by Gasteiger charge is -2.16. The highest BCUT2D eigenvalue weighted by molar-refractivity contribution is 7.89. The molecule has 0 unspecified atom stereocenters. The number of sulfonamides is 1. The first-order chi connectivity index (χ1) is 10.5. The molecule has 23 heavy (non-hydrogen) atoms. The van der Waals surface area contributed by atoms with Gasteiger partial charge in [-0.1, -0.05) is 23.3 Å². The first-order valence-corrected chi connectivity index (χ1v) is 8.64. The molecule has 0 aliphatic carbocycles. The van der Waals surface area contributed by atoms with E-state index >= 15 is 0 Å². The van der Waals surface area contributed by atoms with E-state index < -0.39 is 10.0 Å². The van der Waals surface area contributed by atoms with Gasteiger partial charge in [0, 0.05) is 25.2 Å². The quantitative estimate of drug-likeness (QED) is 0.735. The lowest BCUT2D eigenvalue weighted by Crippen LogP contribution is -2.29. The van der Waals surface area contributed by atoms with E-state index in [0.29, 0.717) is 11.5 Å². The highest BCUT2D eigenvalue weighted by Gasteiger charge is 2.21. The average molecular weight is 383 g/mol. The van der Waals surface area contributed by atoms with Gasteiger partial charge in [-0.3, -0.25) is 0 Å². The Morgan fingerprint density at radius 3 is 2.48 bits per heavy atom. The molecule has 1 heterocycles. The molecule has 0 fully saturated rings. The maximum atomic E-state index is 12.4. The van der Waals surface area contributed by atoms with E-state index in [4.69, 9.17) is 21.1 Å². The summed E-state index contributed by atoms with van der Waals surface area (Å²) in [5.74, 6) is 0.695. The zero-order valence-electron chi connectivity index (χ0n) is 12.9. The first kappa shape index (κ1) is 20.1. The number of rotatable bonds is 6. The second-order valence-electron chi connectivity index (χ2n) is 4.78. The summed E-state index contributed by atoms with van der Waals surface area (Å²) >= 11 is 6.06. The SMILES string of the molecule is COc1cc(Cl)c(S(=O)(=O)NCC2=CCNCC2)cc1OC.Cl. The Balaban J connectivity index is 0.00000264. The van der Waals surface area contributed by atoms with Gasteiger partial charge in [0.15, 0.2) is 11.5 Å². The Morgan fingerprint density at radius 1 is 1.26 bits per heavy atom. The van der Waals surface area contributed by atoms with Crippen LogP contribution in [0.15, 0.2) is 28.7 Å². The van der Waals surface area contributed by atoms with Crippen LogP contribution < -0.4 is 19.5 Å². The van der Waals surface area contributed by atoms with Crippen molar-refractivity contribution in [2.75, 3.05) is 33.9 Å². The number of halogens is 2. The Morgan fingerprint density at radius 2 is 1.91 bits per heavy atom. The topological polar surface area (TPSA) is 76.7 Å². The highest BCUT2D eigenvalue weighted by atomic mass is 35.5. The van der Waals surface area contributed by atoms with Gasteiger partial charge in [0.2, 0.25) is 10.0 Å². The third-order valence-electron chi connectivity index (χ3n) is 3.37. The van der Waals surface area contributed by atoms with E-state index in [0.717, 1.165) is 25.1 Å². The molecule has 1 aliphatic rings. The van der Waals surface area contributed by atoms with Crippen molar-refractivity contribution in [3.05, 3.63) is 28.8 Å². The summed E-state index contributed by atoms with van der Waals surface area (Å²) in [4.78, 5) is -0.0265. The number of ether oxygens (including phenoxy) is 2. The number of nitrogens with one attached hydrogen (secondary N) is 2. The normalized spacial score (nSPS) is 14.7. The zero-order chi connectivity index (χ0) is 16.2. The van der Waals surface area contributed by atoms with Crippen molar-refractivity contribution in [3.63, 3.8) is 0 Å². The third kappa shape index (κ3) is 4.99. The predicted octanol–water partition coefficient (Wildman–Crippen LogP) is 1.98. The van der Waals surface area contributed by atoms with Crippen molar-refractivity contribution < 1.29 is 17.9 Å². The predicted molar refractivity (Wildman–Crippen MR) is 92.6 cm³/mol. The molecular formula is C14H20Cl2N2O4S. The van der Waals surface area contributed by atoms with Crippen LogP contribution in [0.5, 0.6) is 11.5 Å². The molecule has 0 saturated heterocycles.